The minimum Gasteiger partial charge on any atom is -0.264 e. The molecule has 0 aliphatic rings. The third-order valence-electron chi connectivity index (χ3n) is 2.82. The van der Waals surface area contributed by atoms with Crippen molar-refractivity contribution in [2.45, 2.75) is 44.6 Å². The van der Waals surface area contributed by atoms with Crippen LogP contribution in [0.3, 0.4) is 0 Å². The second-order valence-corrected chi connectivity index (χ2v) is 6.51. The summed E-state index contributed by atoms with van der Waals surface area (Å²) in [5, 5.41) is 0. The SMILES string of the molecule is CC(C)(C)C(Br)CCc1cnccc1C(F)(F)F. The number of aromatic nitrogens is 1. The van der Waals surface area contributed by atoms with Gasteiger partial charge in [0.25, 0.3) is 0 Å². The lowest BCUT2D eigenvalue weighted by atomic mass is 9.88. The van der Waals surface area contributed by atoms with E-state index in [0.29, 0.717) is 12.8 Å². The number of hydrogen-bond donors (Lipinski definition) is 0. The highest BCUT2D eigenvalue weighted by Crippen LogP contribution is 2.34. The minimum absolute atomic E-state index is 0.0284. The standard InChI is InChI=1S/C13H17BrF3N/c1-12(2,3)11(14)5-4-9-8-18-7-6-10(9)13(15,16)17/h6-8,11H,4-5H2,1-3H3. The number of nitrogens with zero attached hydrogens (tertiary/aromatic N) is 1. The molecule has 1 aromatic heterocycles. The Morgan fingerprint density at radius 2 is 1.89 bits per heavy atom. The van der Waals surface area contributed by atoms with Crippen molar-refractivity contribution < 1.29 is 13.2 Å². The molecular weight excluding hydrogens is 307 g/mol. The largest absolute Gasteiger partial charge is 0.416 e. The van der Waals surface area contributed by atoms with E-state index >= 15 is 0 Å². The Morgan fingerprint density at radius 3 is 2.39 bits per heavy atom. The van der Waals surface area contributed by atoms with E-state index in [9.17, 15) is 13.2 Å². The summed E-state index contributed by atoms with van der Waals surface area (Å²) in [6.45, 7) is 6.17. The fourth-order valence-electron chi connectivity index (χ4n) is 1.62. The van der Waals surface area contributed by atoms with Gasteiger partial charge in [0.05, 0.1) is 5.56 Å². The Bertz CT molecular complexity index is 396. The van der Waals surface area contributed by atoms with Crippen molar-refractivity contribution in [2.24, 2.45) is 5.41 Å². The van der Waals surface area contributed by atoms with Crippen molar-refractivity contribution >= 4 is 15.9 Å². The first kappa shape index (κ1) is 15.5. The molecule has 0 N–H and O–H groups in total. The molecule has 1 atom stereocenters. The zero-order valence-electron chi connectivity index (χ0n) is 10.7. The van der Waals surface area contributed by atoms with Crippen LogP contribution in [0, 0.1) is 5.41 Å². The molecule has 0 aliphatic carbocycles. The quantitative estimate of drug-likeness (QED) is 0.725. The van der Waals surface area contributed by atoms with E-state index in [-0.39, 0.29) is 15.8 Å². The van der Waals surface area contributed by atoms with Gasteiger partial charge >= 0.3 is 6.18 Å². The van der Waals surface area contributed by atoms with Crippen LogP contribution in [0.5, 0.6) is 0 Å². The molecule has 0 amide bonds. The van der Waals surface area contributed by atoms with Crippen LogP contribution in [-0.4, -0.2) is 9.81 Å². The van der Waals surface area contributed by atoms with Gasteiger partial charge in [0.15, 0.2) is 0 Å². The van der Waals surface area contributed by atoms with Crippen LogP contribution >= 0.6 is 15.9 Å². The first-order valence-corrected chi connectivity index (χ1v) is 6.68. The maximum atomic E-state index is 12.8. The topological polar surface area (TPSA) is 12.9 Å². The highest BCUT2D eigenvalue weighted by Gasteiger charge is 2.33. The van der Waals surface area contributed by atoms with E-state index in [1.807, 2.05) is 0 Å². The zero-order chi connectivity index (χ0) is 14.0. The van der Waals surface area contributed by atoms with Gasteiger partial charge in [-0.15, -0.1) is 0 Å². The maximum Gasteiger partial charge on any atom is 0.416 e. The van der Waals surface area contributed by atoms with Gasteiger partial charge in [-0.3, -0.25) is 4.98 Å². The molecule has 102 valence electrons. The van der Waals surface area contributed by atoms with E-state index in [2.05, 4.69) is 41.7 Å². The lowest BCUT2D eigenvalue weighted by molar-refractivity contribution is -0.138. The molecule has 0 spiro atoms. The molecule has 1 rings (SSSR count). The zero-order valence-corrected chi connectivity index (χ0v) is 12.3. The van der Waals surface area contributed by atoms with Crippen molar-refractivity contribution in [2.75, 3.05) is 0 Å². The van der Waals surface area contributed by atoms with Gasteiger partial charge in [0.2, 0.25) is 0 Å². The summed E-state index contributed by atoms with van der Waals surface area (Å²) in [6, 6.07) is 1.04. The average molecular weight is 324 g/mol. The van der Waals surface area contributed by atoms with Crippen LogP contribution in [-0.2, 0) is 12.6 Å². The Balaban J connectivity index is 2.80. The lowest BCUT2D eigenvalue weighted by Crippen LogP contribution is -2.21. The second-order valence-electron chi connectivity index (χ2n) is 5.40. The summed E-state index contributed by atoms with van der Waals surface area (Å²) in [6.07, 6.45) is -0.789. The van der Waals surface area contributed by atoms with Crippen LogP contribution in [0.4, 0.5) is 13.2 Å². The monoisotopic (exact) mass is 323 g/mol. The van der Waals surface area contributed by atoms with Gasteiger partial charge < -0.3 is 0 Å². The highest BCUT2D eigenvalue weighted by atomic mass is 79.9. The van der Waals surface area contributed by atoms with Crippen molar-refractivity contribution in [3.05, 3.63) is 29.6 Å². The highest BCUT2D eigenvalue weighted by molar-refractivity contribution is 9.09. The molecule has 0 saturated carbocycles. The molecule has 0 fully saturated rings. The molecule has 0 aromatic carbocycles. The average Bonchev–Trinajstić information content (AvgIpc) is 2.23. The maximum absolute atomic E-state index is 12.8. The Morgan fingerprint density at radius 1 is 1.28 bits per heavy atom. The first-order chi connectivity index (χ1) is 8.12. The molecule has 1 heterocycles. The second kappa shape index (κ2) is 5.59. The summed E-state index contributed by atoms with van der Waals surface area (Å²) in [7, 11) is 0. The predicted molar refractivity (Wildman–Crippen MR) is 69.7 cm³/mol. The van der Waals surface area contributed by atoms with E-state index in [4.69, 9.17) is 0 Å². The molecule has 1 unspecified atom stereocenters. The van der Waals surface area contributed by atoms with E-state index in [1.54, 1.807) is 0 Å². The number of alkyl halides is 4. The number of hydrogen-bond acceptors (Lipinski definition) is 1. The van der Waals surface area contributed by atoms with Crippen molar-refractivity contribution in [1.29, 1.82) is 0 Å². The molecule has 0 bridgehead atoms. The van der Waals surface area contributed by atoms with E-state index in [1.165, 1.54) is 12.4 Å². The summed E-state index contributed by atoms with van der Waals surface area (Å²) >= 11 is 3.53. The summed E-state index contributed by atoms with van der Waals surface area (Å²) in [5.74, 6) is 0. The van der Waals surface area contributed by atoms with Gasteiger partial charge in [-0.2, -0.15) is 13.2 Å². The summed E-state index contributed by atoms with van der Waals surface area (Å²) in [4.78, 5) is 3.96. The Kier molecular flexibility index (Phi) is 4.81. The number of pyridine rings is 1. The number of aryl methyl sites for hydroxylation is 1. The first-order valence-electron chi connectivity index (χ1n) is 5.76. The van der Waals surface area contributed by atoms with Gasteiger partial charge in [-0.25, -0.2) is 0 Å². The van der Waals surface area contributed by atoms with Gasteiger partial charge in [-0.1, -0.05) is 36.7 Å². The predicted octanol–water partition coefficient (Wildman–Crippen LogP) is 4.84. The summed E-state index contributed by atoms with van der Waals surface area (Å²) < 4.78 is 38.3. The third-order valence-corrected chi connectivity index (χ3v) is 4.65. The molecule has 5 heteroatoms. The molecular formula is C13H17BrF3N. The van der Waals surface area contributed by atoms with Gasteiger partial charge in [0.1, 0.15) is 0 Å². The normalized spacial score (nSPS) is 14.6. The van der Waals surface area contributed by atoms with E-state index in [0.717, 1.165) is 6.07 Å². The number of halogens is 4. The lowest BCUT2D eigenvalue weighted by Gasteiger charge is -2.25. The van der Waals surface area contributed by atoms with Crippen LogP contribution in [0.15, 0.2) is 18.5 Å². The van der Waals surface area contributed by atoms with Crippen molar-refractivity contribution in [1.82, 2.24) is 4.98 Å². The van der Waals surface area contributed by atoms with E-state index < -0.39 is 11.7 Å². The molecule has 0 aliphatic heterocycles. The molecule has 1 nitrogen and oxygen atoms in total. The van der Waals surface area contributed by atoms with Crippen LogP contribution < -0.4 is 0 Å². The number of rotatable bonds is 3. The molecule has 0 radical (unpaired) electrons. The Labute approximate surface area is 114 Å². The fraction of sp³-hybridized carbons (Fsp3) is 0.615. The smallest absolute Gasteiger partial charge is 0.264 e. The van der Waals surface area contributed by atoms with Crippen LogP contribution in [0.1, 0.15) is 38.3 Å². The fourth-order valence-corrected chi connectivity index (χ4v) is 1.85. The van der Waals surface area contributed by atoms with Crippen molar-refractivity contribution in [3.8, 4) is 0 Å². The van der Waals surface area contributed by atoms with Crippen LogP contribution in [0.2, 0.25) is 0 Å². The Hall–Kier alpha value is -0.580. The minimum atomic E-state index is -4.30. The van der Waals surface area contributed by atoms with Gasteiger partial charge in [-0.05, 0) is 29.9 Å². The molecule has 18 heavy (non-hydrogen) atoms. The summed E-state index contributed by atoms with van der Waals surface area (Å²) in [5.41, 5.74) is -0.287. The van der Waals surface area contributed by atoms with Gasteiger partial charge in [0, 0.05) is 17.2 Å². The third kappa shape index (κ3) is 4.26. The molecule has 1 aromatic rings. The van der Waals surface area contributed by atoms with Crippen LogP contribution in [0.25, 0.3) is 0 Å². The van der Waals surface area contributed by atoms with Crippen molar-refractivity contribution in [3.63, 3.8) is 0 Å². The molecule has 0 saturated heterocycles.